The number of ether oxygens (including phenoxy) is 2. The van der Waals surface area contributed by atoms with Crippen LogP contribution in [0.25, 0.3) is 0 Å². The second kappa shape index (κ2) is 7.00. The summed E-state index contributed by atoms with van der Waals surface area (Å²) in [6, 6.07) is 10.2. The fraction of sp³-hybridized carbons (Fsp3) is 0.250. The van der Waals surface area contributed by atoms with Gasteiger partial charge < -0.3 is 9.47 Å². The van der Waals surface area contributed by atoms with Gasteiger partial charge in [0, 0.05) is 7.05 Å². The molecule has 0 unspecified atom stereocenters. The lowest BCUT2D eigenvalue weighted by Crippen LogP contribution is -2.24. The lowest BCUT2D eigenvalue weighted by Gasteiger charge is -2.09. The van der Waals surface area contributed by atoms with Gasteiger partial charge in [-0.15, -0.1) is 0 Å². The zero-order valence-electron chi connectivity index (χ0n) is 14.9. The molecule has 0 aliphatic carbocycles. The number of rotatable bonds is 5. The summed E-state index contributed by atoms with van der Waals surface area (Å²) in [5.41, 5.74) is 2.94. The first-order chi connectivity index (χ1) is 12.4. The van der Waals surface area contributed by atoms with Gasteiger partial charge in [0.2, 0.25) is 0 Å². The standard InChI is InChI=1S/C20H19NO5/c1-12-8-13(2)10-15(9-12)25-6-7-26-20(24)14-4-5-16-17(11-14)19(23)21(3)18(16)22/h4-5,8-11H,6-7H2,1-3H3. The van der Waals surface area contributed by atoms with E-state index in [4.69, 9.17) is 9.47 Å². The van der Waals surface area contributed by atoms with Gasteiger partial charge in [-0.05, 0) is 55.3 Å². The Kier molecular flexibility index (Phi) is 4.75. The second-order valence-corrected chi connectivity index (χ2v) is 6.24. The maximum Gasteiger partial charge on any atom is 0.338 e. The average Bonchev–Trinajstić information content (AvgIpc) is 2.82. The van der Waals surface area contributed by atoms with Gasteiger partial charge in [0.25, 0.3) is 11.8 Å². The Morgan fingerprint density at radius 2 is 1.58 bits per heavy atom. The molecule has 0 N–H and O–H groups in total. The van der Waals surface area contributed by atoms with Crippen molar-refractivity contribution < 1.29 is 23.9 Å². The summed E-state index contributed by atoms with van der Waals surface area (Å²) in [6.45, 7) is 4.27. The highest BCUT2D eigenvalue weighted by atomic mass is 16.6. The molecule has 1 aliphatic rings. The van der Waals surface area contributed by atoms with E-state index in [-0.39, 0.29) is 30.2 Å². The molecule has 3 rings (SSSR count). The van der Waals surface area contributed by atoms with Gasteiger partial charge in [-0.3, -0.25) is 14.5 Å². The van der Waals surface area contributed by atoms with Gasteiger partial charge >= 0.3 is 5.97 Å². The monoisotopic (exact) mass is 353 g/mol. The Morgan fingerprint density at radius 3 is 2.27 bits per heavy atom. The van der Waals surface area contributed by atoms with Crippen LogP contribution < -0.4 is 4.74 Å². The number of imide groups is 1. The number of benzene rings is 2. The predicted octanol–water partition coefficient (Wildman–Crippen LogP) is 2.77. The topological polar surface area (TPSA) is 72.9 Å². The maximum atomic E-state index is 12.1. The molecule has 2 aromatic rings. The molecular formula is C20H19NO5. The molecule has 0 radical (unpaired) electrons. The fourth-order valence-electron chi connectivity index (χ4n) is 2.88. The van der Waals surface area contributed by atoms with Crippen LogP contribution in [0.5, 0.6) is 5.75 Å². The van der Waals surface area contributed by atoms with Gasteiger partial charge in [0.1, 0.15) is 19.0 Å². The van der Waals surface area contributed by atoms with E-state index in [1.165, 1.54) is 25.2 Å². The number of carbonyl (C=O) groups excluding carboxylic acids is 3. The quantitative estimate of drug-likeness (QED) is 0.469. The van der Waals surface area contributed by atoms with E-state index in [0.29, 0.717) is 5.56 Å². The summed E-state index contributed by atoms with van der Waals surface area (Å²) < 4.78 is 10.8. The van der Waals surface area contributed by atoms with E-state index in [2.05, 4.69) is 0 Å². The minimum absolute atomic E-state index is 0.0791. The van der Waals surface area contributed by atoms with E-state index in [0.717, 1.165) is 21.8 Å². The number of nitrogens with zero attached hydrogens (tertiary/aromatic N) is 1. The number of carbonyl (C=O) groups is 3. The first-order valence-corrected chi connectivity index (χ1v) is 8.21. The smallest absolute Gasteiger partial charge is 0.338 e. The zero-order valence-corrected chi connectivity index (χ0v) is 14.9. The number of hydrogen-bond acceptors (Lipinski definition) is 5. The summed E-state index contributed by atoms with van der Waals surface area (Å²) in [4.78, 5) is 37.0. The molecule has 0 saturated carbocycles. The molecule has 0 aromatic heterocycles. The van der Waals surface area contributed by atoms with Crippen molar-refractivity contribution in [1.29, 1.82) is 0 Å². The zero-order chi connectivity index (χ0) is 18.8. The summed E-state index contributed by atoms with van der Waals surface area (Å²) in [5, 5.41) is 0. The van der Waals surface area contributed by atoms with Crippen molar-refractivity contribution >= 4 is 17.8 Å². The van der Waals surface area contributed by atoms with Crippen LogP contribution in [0.2, 0.25) is 0 Å². The van der Waals surface area contributed by atoms with Crippen molar-refractivity contribution in [1.82, 2.24) is 4.90 Å². The van der Waals surface area contributed by atoms with Gasteiger partial charge in [0.15, 0.2) is 0 Å². The lowest BCUT2D eigenvalue weighted by atomic mass is 10.1. The average molecular weight is 353 g/mol. The Labute approximate surface area is 151 Å². The third kappa shape index (κ3) is 3.44. The van der Waals surface area contributed by atoms with Crippen molar-refractivity contribution in [2.45, 2.75) is 13.8 Å². The van der Waals surface area contributed by atoms with Gasteiger partial charge in [-0.25, -0.2) is 4.79 Å². The number of amides is 2. The second-order valence-electron chi connectivity index (χ2n) is 6.24. The highest BCUT2D eigenvalue weighted by Gasteiger charge is 2.33. The van der Waals surface area contributed by atoms with Crippen LogP contribution in [0.3, 0.4) is 0 Å². The van der Waals surface area contributed by atoms with E-state index >= 15 is 0 Å². The van der Waals surface area contributed by atoms with E-state index in [9.17, 15) is 14.4 Å². The fourth-order valence-corrected chi connectivity index (χ4v) is 2.88. The molecule has 1 aliphatic heterocycles. The third-order valence-corrected chi connectivity index (χ3v) is 4.11. The van der Waals surface area contributed by atoms with Gasteiger partial charge in [-0.2, -0.15) is 0 Å². The molecule has 0 saturated heterocycles. The summed E-state index contributed by atoms with van der Waals surface area (Å²) in [7, 11) is 1.41. The van der Waals surface area contributed by atoms with Crippen LogP contribution in [0.4, 0.5) is 0 Å². The van der Waals surface area contributed by atoms with Crippen LogP contribution in [0.1, 0.15) is 42.2 Å². The first kappa shape index (κ1) is 17.7. The number of aryl methyl sites for hydroxylation is 2. The number of esters is 1. The van der Waals surface area contributed by atoms with Crippen LogP contribution >= 0.6 is 0 Å². The van der Waals surface area contributed by atoms with Crippen molar-refractivity contribution in [3.05, 3.63) is 64.2 Å². The lowest BCUT2D eigenvalue weighted by molar-refractivity contribution is 0.0450. The SMILES string of the molecule is Cc1cc(C)cc(OCCOC(=O)c2ccc3c(c2)C(=O)N(C)C3=O)c1. The molecule has 2 amide bonds. The maximum absolute atomic E-state index is 12.1. The van der Waals surface area contributed by atoms with Crippen LogP contribution in [-0.4, -0.2) is 42.9 Å². The molecule has 6 nitrogen and oxygen atoms in total. The molecule has 0 atom stereocenters. The molecule has 2 aromatic carbocycles. The molecule has 0 spiro atoms. The Morgan fingerprint density at radius 1 is 0.923 bits per heavy atom. The molecule has 0 bridgehead atoms. The predicted molar refractivity (Wildman–Crippen MR) is 94.6 cm³/mol. The highest BCUT2D eigenvalue weighted by molar-refractivity contribution is 6.21. The number of fused-ring (bicyclic) bond motifs is 1. The summed E-state index contributed by atoms with van der Waals surface area (Å²) >= 11 is 0. The number of hydrogen-bond donors (Lipinski definition) is 0. The molecule has 0 fully saturated rings. The molecular weight excluding hydrogens is 334 g/mol. The van der Waals surface area contributed by atoms with E-state index in [1.54, 1.807) is 0 Å². The molecule has 134 valence electrons. The van der Waals surface area contributed by atoms with Crippen LogP contribution in [-0.2, 0) is 4.74 Å². The van der Waals surface area contributed by atoms with Crippen molar-refractivity contribution in [3.63, 3.8) is 0 Å². The van der Waals surface area contributed by atoms with Gasteiger partial charge in [-0.1, -0.05) is 6.07 Å². The van der Waals surface area contributed by atoms with E-state index in [1.807, 2.05) is 32.0 Å². The first-order valence-electron chi connectivity index (χ1n) is 8.21. The van der Waals surface area contributed by atoms with Crippen LogP contribution in [0.15, 0.2) is 36.4 Å². The van der Waals surface area contributed by atoms with Crippen molar-refractivity contribution in [2.75, 3.05) is 20.3 Å². The Hall–Kier alpha value is -3.15. The van der Waals surface area contributed by atoms with E-state index < -0.39 is 11.9 Å². The van der Waals surface area contributed by atoms with Crippen molar-refractivity contribution in [2.24, 2.45) is 0 Å². The third-order valence-electron chi connectivity index (χ3n) is 4.11. The summed E-state index contributed by atoms with van der Waals surface area (Å²) in [5.74, 6) is -0.626. The normalized spacial score (nSPS) is 13.0. The Balaban J connectivity index is 1.58. The highest BCUT2D eigenvalue weighted by Crippen LogP contribution is 2.23. The van der Waals surface area contributed by atoms with Gasteiger partial charge in [0.05, 0.1) is 16.7 Å². The van der Waals surface area contributed by atoms with Crippen molar-refractivity contribution in [3.8, 4) is 5.75 Å². The molecule has 26 heavy (non-hydrogen) atoms. The minimum Gasteiger partial charge on any atom is -0.490 e. The molecule has 6 heteroatoms. The Bertz CT molecular complexity index is 883. The minimum atomic E-state index is -0.563. The molecule has 1 heterocycles. The largest absolute Gasteiger partial charge is 0.490 e. The van der Waals surface area contributed by atoms with Crippen LogP contribution in [0, 0.1) is 13.8 Å². The summed E-state index contributed by atoms with van der Waals surface area (Å²) in [6.07, 6.45) is 0.